The zero-order valence-corrected chi connectivity index (χ0v) is 10.4. The third-order valence-corrected chi connectivity index (χ3v) is 2.46. The second-order valence-electron chi connectivity index (χ2n) is 3.18. The van der Waals surface area contributed by atoms with Gasteiger partial charge in [-0.2, -0.15) is 5.26 Å². The van der Waals surface area contributed by atoms with E-state index in [-0.39, 0.29) is 12.5 Å². The molecule has 0 radical (unpaired) electrons. The molecule has 0 unspecified atom stereocenters. The molecule has 1 aromatic rings. The molecule has 0 amide bonds. The van der Waals surface area contributed by atoms with Crippen molar-refractivity contribution in [2.24, 2.45) is 0 Å². The molecule has 0 N–H and O–H groups in total. The highest BCUT2D eigenvalue weighted by Crippen LogP contribution is 2.25. The number of esters is 1. The molecule has 90 valence electrons. The predicted molar refractivity (Wildman–Crippen MR) is 63.2 cm³/mol. The first-order valence-corrected chi connectivity index (χ1v) is 5.55. The molecule has 17 heavy (non-hydrogen) atoms. The van der Waals surface area contributed by atoms with Gasteiger partial charge in [0.2, 0.25) is 0 Å². The first kappa shape index (κ1) is 13.3. The second kappa shape index (κ2) is 6.12. The number of rotatable bonds is 4. The van der Waals surface area contributed by atoms with Gasteiger partial charge in [-0.15, -0.1) is 11.6 Å². The third kappa shape index (κ3) is 2.89. The summed E-state index contributed by atoms with van der Waals surface area (Å²) >= 11 is 5.73. The van der Waals surface area contributed by atoms with E-state index in [4.69, 9.17) is 26.3 Å². The molecule has 0 aliphatic carbocycles. The van der Waals surface area contributed by atoms with Gasteiger partial charge < -0.3 is 9.47 Å². The van der Waals surface area contributed by atoms with Crippen LogP contribution in [0.25, 0.3) is 0 Å². The lowest BCUT2D eigenvalue weighted by molar-refractivity contribution is 0.0526. The second-order valence-corrected chi connectivity index (χ2v) is 3.45. The maximum Gasteiger partial charge on any atom is 0.338 e. The highest BCUT2D eigenvalue weighted by molar-refractivity contribution is 6.17. The Balaban J connectivity index is 3.28. The number of carbonyl (C=O) groups is 1. The van der Waals surface area contributed by atoms with E-state index in [0.29, 0.717) is 22.4 Å². The van der Waals surface area contributed by atoms with Crippen LogP contribution < -0.4 is 4.74 Å². The molecule has 0 saturated heterocycles. The maximum absolute atomic E-state index is 11.6. The Kier molecular flexibility index (Phi) is 4.80. The number of alkyl halides is 1. The average molecular weight is 254 g/mol. The number of carbonyl (C=O) groups excluding carboxylic acids is 1. The first-order chi connectivity index (χ1) is 8.17. The van der Waals surface area contributed by atoms with Crippen molar-refractivity contribution in [1.29, 1.82) is 5.26 Å². The smallest absolute Gasteiger partial charge is 0.338 e. The number of nitriles is 1. The van der Waals surface area contributed by atoms with Gasteiger partial charge in [-0.05, 0) is 24.6 Å². The van der Waals surface area contributed by atoms with Crippen LogP contribution in [0, 0.1) is 11.3 Å². The monoisotopic (exact) mass is 253 g/mol. The Hall–Kier alpha value is -1.73. The minimum atomic E-state index is -0.457. The number of benzene rings is 1. The van der Waals surface area contributed by atoms with Gasteiger partial charge in [-0.25, -0.2) is 4.79 Å². The molecule has 1 aromatic carbocycles. The summed E-state index contributed by atoms with van der Waals surface area (Å²) in [6.07, 6.45) is 0. The van der Waals surface area contributed by atoms with Crippen LogP contribution in [0.1, 0.15) is 28.4 Å². The van der Waals surface area contributed by atoms with Crippen LogP contribution in [0.5, 0.6) is 5.75 Å². The van der Waals surface area contributed by atoms with Gasteiger partial charge in [0.25, 0.3) is 0 Å². The van der Waals surface area contributed by atoms with Crippen LogP contribution in [0.3, 0.4) is 0 Å². The Morgan fingerprint density at radius 2 is 2.24 bits per heavy atom. The molecule has 0 saturated carbocycles. The SMILES string of the molecule is CCOC(=O)c1cc(CCl)c(C#N)c(OC)c1. The maximum atomic E-state index is 11.6. The highest BCUT2D eigenvalue weighted by atomic mass is 35.5. The van der Waals surface area contributed by atoms with Gasteiger partial charge >= 0.3 is 5.97 Å². The lowest BCUT2D eigenvalue weighted by Gasteiger charge is -2.09. The molecular formula is C12H12ClNO3. The molecule has 0 spiro atoms. The van der Waals surface area contributed by atoms with Gasteiger partial charge in [0.05, 0.1) is 24.8 Å². The van der Waals surface area contributed by atoms with Crippen molar-refractivity contribution in [3.05, 3.63) is 28.8 Å². The number of nitrogens with zero attached hydrogens (tertiary/aromatic N) is 1. The summed E-state index contributed by atoms with van der Waals surface area (Å²) in [4.78, 5) is 11.6. The molecule has 0 aliphatic rings. The highest BCUT2D eigenvalue weighted by Gasteiger charge is 2.15. The van der Waals surface area contributed by atoms with Crippen molar-refractivity contribution in [2.45, 2.75) is 12.8 Å². The molecular weight excluding hydrogens is 242 g/mol. The molecule has 4 nitrogen and oxygen atoms in total. The summed E-state index contributed by atoms with van der Waals surface area (Å²) in [7, 11) is 1.43. The van der Waals surface area contributed by atoms with E-state index in [9.17, 15) is 4.79 Å². The van der Waals surface area contributed by atoms with Crippen molar-refractivity contribution in [1.82, 2.24) is 0 Å². The van der Waals surface area contributed by atoms with Crippen LogP contribution in [-0.2, 0) is 10.6 Å². The van der Waals surface area contributed by atoms with Crippen molar-refractivity contribution in [3.8, 4) is 11.8 Å². The Labute approximate surface area is 105 Å². The van der Waals surface area contributed by atoms with E-state index < -0.39 is 5.97 Å². The fourth-order valence-corrected chi connectivity index (χ4v) is 1.61. The van der Waals surface area contributed by atoms with Crippen molar-refractivity contribution < 1.29 is 14.3 Å². The quantitative estimate of drug-likeness (QED) is 0.611. The van der Waals surface area contributed by atoms with Gasteiger partial charge in [0, 0.05) is 5.88 Å². The van der Waals surface area contributed by atoms with Crippen molar-refractivity contribution >= 4 is 17.6 Å². The van der Waals surface area contributed by atoms with E-state index in [1.54, 1.807) is 13.0 Å². The Bertz CT molecular complexity index is 440. The number of methoxy groups -OCH3 is 1. The number of ether oxygens (including phenoxy) is 2. The minimum absolute atomic E-state index is 0.131. The summed E-state index contributed by atoms with van der Waals surface area (Å²) in [5.41, 5.74) is 1.23. The van der Waals surface area contributed by atoms with E-state index in [2.05, 4.69) is 0 Å². The van der Waals surface area contributed by atoms with Crippen LogP contribution >= 0.6 is 11.6 Å². The van der Waals surface area contributed by atoms with Gasteiger partial charge in [0.1, 0.15) is 11.8 Å². The lowest BCUT2D eigenvalue weighted by Crippen LogP contribution is -2.06. The summed E-state index contributed by atoms with van der Waals surface area (Å²) in [5, 5.41) is 8.99. The van der Waals surface area contributed by atoms with Crippen LogP contribution in [-0.4, -0.2) is 19.7 Å². The number of hydrogen-bond acceptors (Lipinski definition) is 4. The summed E-state index contributed by atoms with van der Waals surface area (Å²) in [5.74, 6) is 0.00215. The molecule has 0 aliphatic heterocycles. The van der Waals surface area contributed by atoms with E-state index in [1.807, 2.05) is 6.07 Å². The predicted octanol–water partition coefficient (Wildman–Crippen LogP) is 2.48. The zero-order chi connectivity index (χ0) is 12.8. The molecule has 5 heteroatoms. The number of halogens is 1. The van der Waals surface area contributed by atoms with Crippen LogP contribution in [0.4, 0.5) is 0 Å². The first-order valence-electron chi connectivity index (χ1n) is 5.02. The average Bonchev–Trinajstić information content (AvgIpc) is 2.37. The molecule has 0 aromatic heterocycles. The third-order valence-electron chi connectivity index (χ3n) is 2.17. The normalized spacial score (nSPS) is 9.53. The Morgan fingerprint density at radius 3 is 2.71 bits per heavy atom. The topological polar surface area (TPSA) is 59.3 Å². The van der Waals surface area contributed by atoms with E-state index in [0.717, 1.165) is 0 Å². The van der Waals surface area contributed by atoms with Crippen LogP contribution in [0.15, 0.2) is 12.1 Å². The van der Waals surface area contributed by atoms with Gasteiger partial charge in [-0.1, -0.05) is 0 Å². The summed E-state index contributed by atoms with van der Waals surface area (Å²) in [6, 6.07) is 5.03. The van der Waals surface area contributed by atoms with Crippen molar-refractivity contribution in [3.63, 3.8) is 0 Å². The number of hydrogen-bond donors (Lipinski definition) is 0. The van der Waals surface area contributed by atoms with E-state index in [1.165, 1.54) is 13.2 Å². The van der Waals surface area contributed by atoms with E-state index >= 15 is 0 Å². The zero-order valence-electron chi connectivity index (χ0n) is 9.62. The van der Waals surface area contributed by atoms with Gasteiger partial charge in [-0.3, -0.25) is 0 Å². The fraction of sp³-hybridized carbons (Fsp3) is 0.333. The standard InChI is InChI=1S/C12H12ClNO3/c1-3-17-12(15)8-4-9(6-13)10(7-14)11(5-8)16-2/h4-5H,3,6H2,1-2H3. The van der Waals surface area contributed by atoms with Gasteiger partial charge in [0.15, 0.2) is 0 Å². The Morgan fingerprint density at radius 1 is 1.53 bits per heavy atom. The molecule has 0 heterocycles. The lowest BCUT2D eigenvalue weighted by atomic mass is 10.0. The molecule has 0 atom stereocenters. The van der Waals surface area contributed by atoms with Crippen LogP contribution in [0.2, 0.25) is 0 Å². The molecule has 0 fully saturated rings. The molecule has 1 rings (SSSR count). The fourth-order valence-electron chi connectivity index (χ4n) is 1.40. The summed E-state index contributed by atoms with van der Waals surface area (Å²) in [6.45, 7) is 2.01. The largest absolute Gasteiger partial charge is 0.495 e. The van der Waals surface area contributed by atoms with Crippen molar-refractivity contribution in [2.75, 3.05) is 13.7 Å². The summed E-state index contributed by atoms with van der Waals surface area (Å²) < 4.78 is 9.94. The minimum Gasteiger partial charge on any atom is -0.495 e. The molecule has 0 bridgehead atoms.